The summed E-state index contributed by atoms with van der Waals surface area (Å²) in [6.07, 6.45) is 6.63. The van der Waals surface area contributed by atoms with E-state index in [2.05, 4.69) is 52.3 Å². The molecule has 0 saturated carbocycles. The predicted molar refractivity (Wildman–Crippen MR) is 90.9 cm³/mol. The molecule has 2 atom stereocenters. The minimum atomic E-state index is 0.478. The van der Waals surface area contributed by atoms with Crippen LogP contribution in [-0.4, -0.2) is 60.1 Å². The van der Waals surface area contributed by atoms with Crippen molar-refractivity contribution in [2.24, 2.45) is 5.92 Å². The van der Waals surface area contributed by atoms with Gasteiger partial charge in [0.15, 0.2) is 0 Å². The molecule has 2 aliphatic rings. The number of hydrogen-bond donors (Lipinski definition) is 1. The van der Waals surface area contributed by atoms with Crippen LogP contribution in [0.25, 0.3) is 0 Å². The first-order valence-corrected chi connectivity index (χ1v) is 8.82. The Balaban J connectivity index is 1.71. The molecular formula is C18H30N4. The van der Waals surface area contributed by atoms with Gasteiger partial charge in [-0.25, -0.2) is 0 Å². The molecule has 2 aliphatic heterocycles. The van der Waals surface area contributed by atoms with Crippen molar-refractivity contribution in [1.29, 1.82) is 0 Å². The lowest BCUT2D eigenvalue weighted by molar-refractivity contribution is 0.0927. The molecule has 1 N–H and O–H groups in total. The Bertz CT molecular complexity index is 442. The van der Waals surface area contributed by atoms with Crippen LogP contribution in [-0.2, 0) is 0 Å². The zero-order valence-electron chi connectivity index (χ0n) is 14.0. The fourth-order valence-corrected chi connectivity index (χ4v) is 3.74. The van der Waals surface area contributed by atoms with Crippen molar-refractivity contribution >= 4 is 0 Å². The SMILES string of the molecule is CC1CCN(CC(c2cccnc2)N2CCNC(C)C2)CC1. The van der Waals surface area contributed by atoms with E-state index < -0.39 is 0 Å². The van der Waals surface area contributed by atoms with E-state index in [4.69, 9.17) is 0 Å². The van der Waals surface area contributed by atoms with E-state index >= 15 is 0 Å². The summed E-state index contributed by atoms with van der Waals surface area (Å²) in [7, 11) is 0. The van der Waals surface area contributed by atoms with Crippen molar-refractivity contribution in [3.63, 3.8) is 0 Å². The van der Waals surface area contributed by atoms with Gasteiger partial charge < -0.3 is 10.2 Å². The molecule has 0 radical (unpaired) electrons. The lowest BCUT2D eigenvalue weighted by Gasteiger charge is -2.41. The highest BCUT2D eigenvalue weighted by molar-refractivity contribution is 5.15. The van der Waals surface area contributed by atoms with Crippen molar-refractivity contribution in [2.75, 3.05) is 39.3 Å². The van der Waals surface area contributed by atoms with Gasteiger partial charge in [-0.3, -0.25) is 9.88 Å². The van der Waals surface area contributed by atoms with E-state index in [0.29, 0.717) is 12.1 Å². The summed E-state index contributed by atoms with van der Waals surface area (Å²) in [6.45, 7) is 11.7. The number of pyridine rings is 1. The maximum Gasteiger partial charge on any atom is 0.0491 e. The Kier molecular flexibility index (Phi) is 5.45. The van der Waals surface area contributed by atoms with Gasteiger partial charge in [0.25, 0.3) is 0 Å². The Morgan fingerprint density at radius 3 is 2.77 bits per heavy atom. The molecule has 0 aliphatic carbocycles. The van der Waals surface area contributed by atoms with E-state index in [1.54, 1.807) is 0 Å². The van der Waals surface area contributed by atoms with Gasteiger partial charge in [0.05, 0.1) is 0 Å². The molecule has 3 heterocycles. The molecule has 4 nitrogen and oxygen atoms in total. The molecule has 0 spiro atoms. The molecule has 2 unspecified atom stereocenters. The first kappa shape index (κ1) is 15.9. The van der Waals surface area contributed by atoms with Crippen LogP contribution in [0.15, 0.2) is 24.5 Å². The van der Waals surface area contributed by atoms with Crippen LogP contribution >= 0.6 is 0 Å². The van der Waals surface area contributed by atoms with E-state index in [1.165, 1.54) is 31.5 Å². The lowest BCUT2D eigenvalue weighted by Crippen LogP contribution is -2.52. The second-order valence-corrected chi connectivity index (χ2v) is 7.14. The summed E-state index contributed by atoms with van der Waals surface area (Å²) in [5, 5.41) is 3.56. The third kappa shape index (κ3) is 4.06. The lowest BCUT2D eigenvalue weighted by atomic mass is 9.97. The van der Waals surface area contributed by atoms with Gasteiger partial charge in [0.1, 0.15) is 0 Å². The minimum absolute atomic E-state index is 0.478. The summed E-state index contributed by atoms with van der Waals surface area (Å²) >= 11 is 0. The Morgan fingerprint density at radius 2 is 2.09 bits per heavy atom. The smallest absolute Gasteiger partial charge is 0.0491 e. The number of hydrogen-bond acceptors (Lipinski definition) is 4. The molecular weight excluding hydrogens is 272 g/mol. The van der Waals surface area contributed by atoms with Crippen molar-refractivity contribution in [1.82, 2.24) is 20.1 Å². The number of aromatic nitrogens is 1. The predicted octanol–water partition coefficient (Wildman–Crippen LogP) is 2.15. The van der Waals surface area contributed by atoms with Crippen molar-refractivity contribution in [2.45, 2.75) is 38.8 Å². The molecule has 4 heteroatoms. The second kappa shape index (κ2) is 7.53. The number of piperazine rings is 1. The molecule has 2 fully saturated rings. The third-order valence-electron chi connectivity index (χ3n) is 5.22. The number of likely N-dealkylation sites (tertiary alicyclic amines) is 1. The van der Waals surface area contributed by atoms with Crippen LogP contribution in [0, 0.1) is 5.92 Å². The van der Waals surface area contributed by atoms with E-state index in [9.17, 15) is 0 Å². The average Bonchev–Trinajstić information content (AvgIpc) is 2.55. The first-order chi connectivity index (χ1) is 10.7. The summed E-state index contributed by atoms with van der Waals surface area (Å²) < 4.78 is 0. The van der Waals surface area contributed by atoms with Crippen LogP contribution in [0.1, 0.15) is 38.3 Å². The molecule has 3 rings (SSSR count). The van der Waals surface area contributed by atoms with Crippen molar-refractivity contribution in [3.8, 4) is 0 Å². The second-order valence-electron chi connectivity index (χ2n) is 7.14. The third-order valence-corrected chi connectivity index (χ3v) is 5.22. The van der Waals surface area contributed by atoms with Crippen molar-refractivity contribution < 1.29 is 0 Å². The van der Waals surface area contributed by atoms with E-state index in [-0.39, 0.29) is 0 Å². The van der Waals surface area contributed by atoms with Gasteiger partial charge in [0.2, 0.25) is 0 Å². The van der Waals surface area contributed by atoms with Gasteiger partial charge in [-0.15, -0.1) is 0 Å². The Morgan fingerprint density at radius 1 is 1.27 bits per heavy atom. The topological polar surface area (TPSA) is 31.4 Å². The van der Waals surface area contributed by atoms with Gasteiger partial charge >= 0.3 is 0 Å². The maximum atomic E-state index is 4.36. The standard InChI is InChI=1S/C18H30N4/c1-15-5-9-21(10-6-15)14-18(17-4-3-7-19-12-17)22-11-8-20-16(2)13-22/h3-4,7,12,15-16,18,20H,5-6,8-11,13-14H2,1-2H3. The molecule has 2 saturated heterocycles. The van der Waals surface area contributed by atoms with Crippen LogP contribution in [0.3, 0.4) is 0 Å². The maximum absolute atomic E-state index is 4.36. The fraction of sp³-hybridized carbons (Fsp3) is 0.722. The van der Waals surface area contributed by atoms with E-state index in [1.807, 2.05) is 6.20 Å². The van der Waals surface area contributed by atoms with Gasteiger partial charge in [-0.1, -0.05) is 13.0 Å². The molecule has 1 aromatic rings. The Hall–Kier alpha value is -0.970. The molecule has 0 bridgehead atoms. The van der Waals surface area contributed by atoms with E-state index in [0.717, 1.165) is 32.1 Å². The van der Waals surface area contributed by atoms with Gasteiger partial charge in [0, 0.05) is 50.7 Å². The highest BCUT2D eigenvalue weighted by Gasteiger charge is 2.28. The van der Waals surface area contributed by atoms with Crippen LogP contribution in [0.5, 0.6) is 0 Å². The van der Waals surface area contributed by atoms with Crippen LogP contribution in [0.4, 0.5) is 0 Å². The summed E-state index contributed by atoms with van der Waals surface area (Å²) in [5.41, 5.74) is 1.37. The number of piperidine rings is 1. The molecule has 0 amide bonds. The quantitative estimate of drug-likeness (QED) is 0.923. The number of nitrogens with one attached hydrogen (secondary N) is 1. The monoisotopic (exact) mass is 302 g/mol. The Labute approximate surface area is 134 Å². The van der Waals surface area contributed by atoms with Crippen LogP contribution in [0.2, 0.25) is 0 Å². The molecule has 22 heavy (non-hydrogen) atoms. The molecule has 0 aromatic carbocycles. The normalized spacial score (nSPS) is 26.9. The highest BCUT2D eigenvalue weighted by atomic mass is 15.3. The molecule has 1 aromatic heterocycles. The summed E-state index contributed by atoms with van der Waals surface area (Å²) in [4.78, 5) is 9.67. The van der Waals surface area contributed by atoms with Gasteiger partial charge in [-0.2, -0.15) is 0 Å². The average molecular weight is 302 g/mol. The number of rotatable bonds is 4. The number of nitrogens with zero attached hydrogens (tertiary/aromatic N) is 3. The zero-order valence-corrected chi connectivity index (χ0v) is 14.0. The summed E-state index contributed by atoms with van der Waals surface area (Å²) in [6, 6.07) is 5.38. The van der Waals surface area contributed by atoms with Crippen molar-refractivity contribution in [3.05, 3.63) is 30.1 Å². The first-order valence-electron chi connectivity index (χ1n) is 8.82. The molecule has 122 valence electrons. The largest absolute Gasteiger partial charge is 0.312 e. The zero-order chi connectivity index (χ0) is 15.4. The van der Waals surface area contributed by atoms with Crippen LogP contribution < -0.4 is 5.32 Å². The fourth-order valence-electron chi connectivity index (χ4n) is 3.74. The summed E-state index contributed by atoms with van der Waals surface area (Å²) in [5.74, 6) is 0.896. The minimum Gasteiger partial charge on any atom is -0.312 e. The highest BCUT2D eigenvalue weighted by Crippen LogP contribution is 2.25. The van der Waals surface area contributed by atoms with Gasteiger partial charge in [-0.05, 0) is 50.4 Å².